The second-order valence-electron chi connectivity index (χ2n) is 3.66. The van der Waals surface area contributed by atoms with Gasteiger partial charge in [-0.05, 0) is 19.3 Å². The summed E-state index contributed by atoms with van der Waals surface area (Å²) >= 11 is 0. The summed E-state index contributed by atoms with van der Waals surface area (Å²) in [7, 11) is 0. The molecule has 0 bridgehead atoms. The summed E-state index contributed by atoms with van der Waals surface area (Å²) in [5.41, 5.74) is 5.25. The van der Waals surface area contributed by atoms with Crippen molar-refractivity contribution in [3.05, 3.63) is 0 Å². The minimum Gasteiger partial charge on any atom is -0.378 e. The molecule has 0 saturated carbocycles. The molecule has 0 aromatic carbocycles. The standard InChI is InChI=1S/C8H14N2O2/c9-8(12)5-3-4-10-6(5)1-2-7(10)11/h5-7,11H,1-4H2,(H2,9,12)/t5?,6-,7?/m0/s1. The van der Waals surface area contributed by atoms with Gasteiger partial charge in [-0.2, -0.15) is 0 Å². The first-order chi connectivity index (χ1) is 5.70. The Morgan fingerprint density at radius 1 is 1.42 bits per heavy atom. The van der Waals surface area contributed by atoms with Crippen molar-refractivity contribution < 1.29 is 9.90 Å². The summed E-state index contributed by atoms with van der Waals surface area (Å²) in [6.45, 7) is 0.819. The van der Waals surface area contributed by atoms with Gasteiger partial charge in [-0.3, -0.25) is 9.69 Å². The number of aliphatic hydroxyl groups is 1. The molecule has 2 rings (SSSR count). The van der Waals surface area contributed by atoms with Crippen LogP contribution in [0.25, 0.3) is 0 Å². The largest absolute Gasteiger partial charge is 0.378 e. The van der Waals surface area contributed by atoms with E-state index in [1.165, 1.54) is 0 Å². The van der Waals surface area contributed by atoms with E-state index in [-0.39, 0.29) is 24.1 Å². The first-order valence-corrected chi connectivity index (χ1v) is 4.43. The summed E-state index contributed by atoms with van der Waals surface area (Å²) < 4.78 is 0. The Hall–Kier alpha value is -0.610. The molecule has 0 aromatic heterocycles. The Morgan fingerprint density at radius 3 is 2.83 bits per heavy atom. The van der Waals surface area contributed by atoms with Gasteiger partial charge in [-0.15, -0.1) is 0 Å². The van der Waals surface area contributed by atoms with Crippen LogP contribution in [0, 0.1) is 5.92 Å². The third kappa shape index (κ3) is 1.03. The molecule has 2 fully saturated rings. The predicted molar refractivity (Wildman–Crippen MR) is 43.0 cm³/mol. The summed E-state index contributed by atoms with van der Waals surface area (Å²) in [5, 5.41) is 9.47. The van der Waals surface area contributed by atoms with Gasteiger partial charge in [0.05, 0.1) is 5.92 Å². The molecule has 1 amide bonds. The molecule has 2 aliphatic heterocycles. The normalized spacial score (nSPS) is 41.6. The predicted octanol–water partition coefficient (Wildman–Crippen LogP) is -0.726. The summed E-state index contributed by atoms with van der Waals surface area (Å²) in [6, 6.07) is 0.220. The maximum atomic E-state index is 11.0. The van der Waals surface area contributed by atoms with E-state index in [0.29, 0.717) is 0 Å². The summed E-state index contributed by atoms with van der Waals surface area (Å²) in [4.78, 5) is 13.0. The SMILES string of the molecule is NC(=O)C1CCN2C(O)CC[C@@H]12. The number of amides is 1. The molecule has 0 spiro atoms. The Morgan fingerprint density at radius 2 is 2.17 bits per heavy atom. The Labute approximate surface area is 71.3 Å². The van der Waals surface area contributed by atoms with Gasteiger partial charge in [-0.25, -0.2) is 0 Å². The van der Waals surface area contributed by atoms with Crippen molar-refractivity contribution in [1.29, 1.82) is 0 Å². The van der Waals surface area contributed by atoms with E-state index in [1.807, 2.05) is 4.90 Å². The highest BCUT2D eigenvalue weighted by Crippen LogP contribution is 2.35. The fourth-order valence-electron chi connectivity index (χ4n) is 2.43. The molecule has 0 aromatic rings. The molecular weight excluding hydrogens is 156 g/mol. The lowest BCUT2D eigenvalue weighted by atomic mass is 9.98. The highest BCUT2D eigenvalue weighted by molar-refractivity contribution is 5.77. The monoisotopic (exact) mass is 170 g/mol. The van der Waals surface area contributed by atoms with Gasteiger partial charge in [0.25, 0.3) is 0 Å². The molecular formula is C8H14N2O2. The number of nitrogens with two attached hydrogens (primary N) is 1. The number of fused-ring (bicyclic) bond motifs is 1. The molecule has 2 heterocycles. The number of carbonyl (C=O) groups excluding carboxylic acids is 1. The molecule has 68 valence electrons. The summed E-state index contributed by atoms with van der Waals surface area (Å²) in [5.74, 6) is -0.237. The first kappa shape index (κ1) is 8.01. The van der Waals surface area contributed by atoms with Crippen LogP contribution in [0.15, 0.2) is 0 Å². The van der Waals surface area contributed by atoms with E-state index < -0.39 is 0 Å². The van der Waals surface area contributed by atoms with Gasteiger partial charge in [0.15, 0.2) is 0 Å². The second-order valence-corrected chi connectivity index (χ2v) is 3.66. The Balaban J connectivity index is 2.10. The highest BCUT2D eigenvalue weighted by atomic mass is 16.3. The third-order valence-electron chi connectivity index (χ3n) is 3.06. The first-order valence-electron chi connectivity index (χ1n) is 4.43. The van der Waals surface area contributed by atoms with Crippen molar-refractivity contribution in [3.8, 4) is 0 Å². The average molecular weight is 170 g/mol. The number of carbonyl (C=O) groups is 1. The Bertz CT molecular complexity index is 207. The maximum absolute atomic E-state index is 11.0. The van der Waals surface area contributed by atoms with E-state index >= 15 is 0 Å². The van der Waals surface area contributed by atoms with Gasteiger partial charge in [0.1, 0.15) is 6.23 Å². The van der Waals surface area contributed by atoms with Crippen LogP contribution in [0.1, 0.15) is 19.3 Å². The average Bonchev–Trinajstić information content (AvgIpc) is 2.53. The number of nitrogens with zero attached hydrogens (tertiary/aromatic N) is 1. The highest BCUT2D eigenvalue weighted by Gasteiger charge is 2.44. The van der Waals surface area contributed by atoms with Gasteiger partial charge in [-0.1, -0.05) is 0 Å². The fraction of sp³-hybridized carbons (Fsp3) is 0.875. The minimum absolute atomic E-state index is 0.0258. The molecule has 2 unspecified atom stereocenters. The molecule has 2 aliphatic rings. The van der Waals surface area contributed by atoms with Crippen LogP contribution in [-0.2, 0) is 4.79 Å². The second kappa shape index (κ2) is 2.71. The molecule has 4 nitrogen and oxygen atoms in total. The number of primary amides is 1. The Kier molecular flexibility index (Phi) is 1.81. The topological polar surface area (TPSA) is 66.6 Å². The molecule has 0 aliphatic carbocycles. The lowest BCUT2D eigenvalue weighted by Crippen LogP contribution is -2.36. The number of hydrogen-bond acceptors (Lipinski definition) is 3. The van der Waals surface area contributed by atoms with Crippen molar-refractivity contribution in [3.63, 3.8) is 0 Å². The number of rotatable bonds is 1. The molecule has 2 saturated heterocycles. The van der Waals surface area contributed by atoms with Crippen LogP contribution in [-0.4, -0.2) is 34.7 Å². The zero-order valence-electron chi connectivity index (χ0n) is 6.94. The van der Waals surface area contributed by atoms with Crippen LogP contribution < -0.4 is 5.73 Å². The minimum atomic E-state index is -0.334. The maximum Gasteiger partial charge on any atom is 0.222 e. The van der Waals surface area contributed by atoms with E-state index in [9.17, 15) is 9.90 Å². The molecule has 4 heteroatoms. The fourth-order valence-corrected chi connectivity index (χ4v) is 2.43. The van der Waals surface area contributed by atoms with E-state index in [4.69, 9.17) is 5.73 Å². The smallest absolute Gasteiger partial charge is 0.222 e. The number of aliphatic hydroxyl groups excluding tert-OH is 1. The van der Waals surface area contributed by atoms with Gasteiger partial charge >= 0.3 is 0 Å². The van der Waals surface area contributed by atoms with Gasteiger partial charge in [0.2, 0.25) is 5.91 Å². The third-order valence-corrected chi connectivity index (χ3v) is 3.06. The zero-order chi connectivity index (χ0) is 8.72. The quantitative estimate of drug-likeness (QED) is 0.545. The van der Waals surface area contributed by atoms with Crippen molar-refractivity contribution in [2.24, 2.45) is 11.7 Å². The molecule has 3 atom stereocenters. The van der Waals surface area contributed by atoms with E-state index in [0.717, 1.165) is 25.8 Å². The zero-order valence-corrected chi connectivity index (χ0v) is 6.94. The lowest BCUT2D eigenvalue weighted by Gasteiger charge is -2.20. The van der Waals surface area contributed by atoms with Crippen LogP contribution >= 0.6 is 0 Å². The van der Waals surface area contributed by atoms with Crippen LogP contribution in [0.2, 0.25) is 0 Å². The van der Waals surface area contributed by atoms with E-state index in [2.05, 4.69) is 0 Å². The van der Waals surface area contributed by atoms with Gasteiger partial charge < -0.3 is 10.8 Å². The molecule has 0 radical (unpaired) electrons. The van der Waals surface area contributed by atoms with Crippen LogP contribution in [0.3, 0.4) is 0 Å². The molecule has 12 heavy (non-hydrogen) atoms. The van der Waals surface area contributed by atoms with Crippen molar-refractivity contribution in [2.45, 2.75) is 31.5 Å². The van der Waals surface area contributed by atoms with Crippen molar-refractivity contribution in [2.75, 3.05) is 6.54 Å². The lowest BCUT2D eigenvalue weighted by molar-refractivity contribution is -0.122. The van der Waals surface area contributed by atoms with Crippen molar-refractivity contribution in [1.82, 2.24) is 4.90 Å². The van der Waals surface area contributed by atoms with Crippen LogP contribution in [0.5, 0.6) is 0 Å². The van der Waals surface area contributed by atoms with E-state index in [1.54, 1.807) is 0 Å². The van der Waals surface area contributed by atoms with Crippen LogP contribution in [0.4, 0.5) is 0 Å². The van der Waals surface area contributed by atoms with Gasteiger partial charge in [0, 0.05) is 12.6 Å². The van der Waals surface area contributed by atoms with Crippen molar-refractivity contribution >= 4 is 5.91 Å². The number of hydrogen-bond donors (Lipinski definition) is 2. The summed E-state index contributed by atoms with van der Waals surface area (Å²) in [6.07, 6.45) is 2.18. The molecule has 3 N–H and O–H groups in total.